The van der Waals surface area contributed by atoms with Gasteiger partial charge in [-0.15, -0.1) is 10.2 Å². The summed E-state index contributed by atoms with van der Waals surface area (Å²) in [5.74, 6) is 1.36. The zero-order chi connectivity index (χ0) is 11.5. The number of nitrogen functional groups attached to an aromatic ring is 1. The number of aryl methyl sites for hydroxylation is 1. The molecule has 8 heteroatoms. The Morgan fingerprint density at radius 3 is 2.81 bits per heavy atom. The highest BCUT2D eigenvalue weighted by Gasteiger charge is 2.08. The van der Waals surface area contributed by atoms with Gasteiger partial charge in [0.05, 0.1) is 0 Å². The van der Waals surface area contributed by atoms with Crippen molar-refractivity contribution in [1.29, 1.82) is 0 Å². The lowest BCUT2D eigenvalue weighted by atomic mass is 10.6. The number of aromatic nitrogens is 4. The van der Waals surface area contributed by atoms with Crippen molar-refractivity contribution in [3.8, 4) is 0 Å². The van der Waals surface area contributed by atoms with Crippen LogP contribution in [0.15, 0.2) is 20.7 Å². The van der Waals surface area contributed by atoms with Gasteiger partial charge in [-0.25, -0.2) is 4.98 Å². The molecule has 0 fully saturated rings. The topological polar surface area (TPSA) is 103 Å². The normalized spacial score (nSPS) is 10.4. The molecule has 2 aromatic rings. The van der Waals surface area contributed by atoms with Crippen molar-refractivity contribution in [2.75, 3.05) is 18.1 Å². The van der Waals surface area contributed by atoms with Crippen LogP contribution in [0.5, 0.6) is 0 Å². The number of hydrogen-bond acceptors (Lipinski definition) is 8. The summed E-state index contributed by atoms with van der Waals surface area (Å²) in [6, 6.07) is 1.75. The molecule has 3 N–H and O–H groups in total. The van der Waals surface area contributed by atoms with E-state index in [0.29, 0.717) is 22.0 Å². The van der Waals surface area contributed by atoms with Crippen LogP contribution >= 0.6 is 11.8 Å². The van der Waals surface area contributed by atoms with Gasteiger partial charge in [0, 0.05) is 20.0 Å². The summed E-state index contributed by atoms with van der Waals surface area (Å²) in [4.78, 5) is 8.02. The summed E-state index contributed by atoms with van der Waals surface area (Å²) in [5.41, 5.74) is 5.55. The van der Waals surface area contributed by atoms with Crippen LogP contribution in [0.2, 0.25) is 0 Å². The van der Waals surface area contributed by atoms with E-state index in [1.807, 2.05) is 0 Å². The molecule has 0 aromatic carbocycles. The third-order valence-corrected chi connectivity index (χ3v) is 2.43. The fraction of sp³-hybridized carbons (Fsp3) is 0.250. The average Bonchev–Trinajstić information content (AvgIpc) is 2.63. The lowest BCUT2D eigenvalue weighted by molar-refractivity contribution is 0.429. The van der Waals surface area contributed by atoms with Gasteiger partial charge in [-0.1, -0.05) is 0 Å². The van der Waals surface area contributed by atoms with Gasteiger partial charge < -0.3 is 15.5 Å². The molecule has 0 unspecified atom stereocenters. The van der Waals surface area contributed by atoms with Gasteiger partial charge in [-0.05, 0) is 11.8 Å². The van der Waals surface area contributed by atoms with Crippen molar-refractivity contribution in [2.24, 2.45) is 0 Å². The maximum absolute atomic E-state index is 5.55. The van der Waals surface area contributed by atoms with Gasteiger partial charge in [0.2, 0.25) is 11.8 Å². The molecule has 0 aliphatic rings. The van der Waals surface area contributed by atoms with Crippen molar-refractivity contribution < 1.29 is 4.42 Å². The highest BCUT2D eigenvalue weighted by molar-refractivity contribution is 7.99. The number of nitrogens with two attached hydrogens (primary N) is 1. The van der Waals surface area contributed by atoms with Crippen molar-refractivity contribution in [2.45, 2.75) is 17.2 Å². The minimum Gasteiger partial charge on any atom is -0.416 e. The summed E-state index contributed by atoms with van der Waals surface area (Å²) >= 11 is 1.24. The molecular weight excluding hydrogens is 228 g/mol. The van der Waals surface area contributed by atoms with Gasteiger partial charge in [0.1, 0.15) is 10.8 Å². The molecule has 0 atom stereocenters. The quantitative estimate of drug-likeness (QED) is 0.761. The zero-order valence-corrected chi connectivity index (χ0v) is 9.58. The zero-order valence-electron chi connectivity index (χ0n) is 8.76. The molecule has 84 valence electrons. The van der Waals surface area contributed by atoms with E-state index in [-0.39, 0.29) is 5.95 Å². The van der Waals surface area contributed by atoms with Crippen LogP contribution in [0.1, 0.15) is 5.89 Å². The van der Waals surface area contributed by atoms with Crippen LogP contribution in [0.4, 0.5) is 11.8 Å². The molecule has 2 aromatic heterocycles. The van der Waals surface area contributed by atoms with Crippen LogP contribution in [-0.4, -0.2) is 27.2 Å². The Balaban J connectivity index is 2.24. The average molecular weight is 238 g/mol. The summed E-state index contributed by atoms with van der Waals surface area (Å²) in [7, 11) is 1.76. The highest BCUT2D eigenvalue weighted by atomic mass is 32.2. The van der Waals surface area contributed by atoms with Gasteiger partial charge >= 0.3 is 0 Å². The Hall–Kier alpha value is -1.83. The van der Waals surface area contributed by atoms with E-state index in [4.69, 9.17) is 10.2 Å². The van der Waals surface area contributed by atoms with E-state index >= 15 is 0 Å². The monoisotopic (exact) mass is 238 g/mol. The van der Waals surface area contributed by atoms with E-state index in [1.54, 1.807) is 20.0 Å². The molecule has 7 nitrogen and oxygen atoms in total. The van der Waals surface area contributed by atoms with Crippen LogP contribution in [-0.2, 0) is 0 Å². The van der Waals surface area contributed by atoms with E-state index in [1.165, 1.54) is 11.8 Å². The third-order valence-electron chi connectivity index (χ3n) is 1.68. The first-order chi connectivity index (χ1) is 7.67. The molecule has 0 bridgehead atoms. The molecule has 0 spiro atoms. The van der Waals surface area contributed by atoms with Gasteiger partial charge in [0.25, 0.3) is 5.22 Å². The Morgan fingerprint density at radius 2 is 2.19 bits per heavy atom. The van der Waals surface area contributed by atoms with E-state index in [2.05, 4.69) is 25.5 Å². The predicted molar refractivity (Wildman–Crippen MR) is 59.1 cm³/mol. The largest absolute Gasteiger partial charge is 0.416 e. The summed E-state index contributed by atoms with van der Waals surface area (Å²) < 4.78 is 5.22. The number of nitrogens with zero attached hydrogens (tertiary/aromatic N) is 4. The Labute approximate surface area is 95.9 Å². The van der Waals surface area contributed by atoms with Crippen LogP contribution in [0.25, 0.3) is 0 Å². The number of hydrogen-bond donors (Lipinski definition) is 2. The first kappa shape index (κ1) is 10.7. The Bertz CT molecular complexity index is 499. The second-order valence-electron chi connectivity index (χ2n) is 2.89. The first-order valence-corrected chi connectivity index (χ1v) is 5.29. The minimum absolute atomic E-state index is 0.200. The number of rotatable bonds is 3. The first-order valence-electron chi connectivity index (χ1n) is 4.47. The lowest BCUT2D eigenvalue weighted by Gasteiger charge is -2.02. The van der Waals surface area contributed by atoms with Crippen LogP contribution in [0, 0.1) is 6.92 Å². The lowest BCUT2D eigenvalue weighted by Crippen LogP contribution is -2.00. The van der Waals surface area contributed by atoms with Crippen molar-refractivity contribution in [1.82, 2.24) is 20.2 Å². The molecule has 0 amide bonds. The van der Waals surface area contributed by atoms with E-state index in [9.17, 15) is 0 Å². The van der Waals surface area contributed by atoms with Crippen molar-refractivity contribution in [3.05, 3.63) is 12.0 Å². The molecule has 2 heterocycles. The molecule has 16 heavy (non-hydrogen) atoms. The fourth-order valence-electron chi connectivity index (χ4n) is 1.03. The maximum atomic E-state index is 5.55. The van der Waals surface area contributed by atoms with E-state index < -0.39 is 0 Å². The second-order valence-corrected chi connectivity index (χ2v) is 3.86. The van der Waals surface area contributed by atoms with Gasteiger partial charge in [0.15, 0.2) is 0 Å². The molecule has 2 rings (SSSR count). The minimum atomic E-state index is 0.200. The van der Waals surface area contributed by atoms with E-state index in [0.717, 1.165) is 0 Å². The Kier molecular flexibility index (Phi) is 2.91. The molecule has 0 aliphatic carbocycles. The van der Waals surface area contributed by atoms with Gasteiger partial charge in [-0.3, -0.25) is 0 Å². The summed E-state index contributed by atoms with van der Waals surface area (Å²) in [6.07, 6.45) is 0. The van der Waals surface area contributed by atoms with Crippen molar-refractivity contribution in [3.63, 3.8) is 0 Å². The van der Waals surface area contributed by atoms with Gasteiger partial charge in [-0.2, -0.15) is 4.98 Å². The second kappa shape index (κ2) is 4.35. The molecule has 0 saturated heterocycles. The maximum Gasteiger partial charge on any atom is 0.282 e. The predicted octanol–water partition coefficient (Wildman–Crippen LogP) is 0.943. The van der Waals surface area contributed by atoms with Crippen LogP contribution < -0.4 is 11.1 Å². The third kappa shape index (κ3) is 2.40. The smallest absolute Gasteiger partial charge is 0.282 e. The standard InChI is InChI=1S/C8H10N6OS/c1-4-13-14-8(15-4)16-6-3-5(10-2)11-7(9)12-6/h3H,1-2H3,(H3,9,10,11,12). The molecular formula is C8H10N6OS. The molecule has 0 radical (unpaired) electrons. The van der Waals surface area contributed by atoms with Crippen molar-refractivity contribution >= 4 is 23.5 Å². The molecule has 0 saturated carbocycles. The fourth-order valence-corrected chi connectivity index (χ4v) is 1.76. The summed E-state index contributed by atoms with van der Waals surface area (Å²) in [6.45, 7) is 1.73. The number of anilines is 2. The number of nitrogens with one attached hydrogen (secondary N) is 1. The Morgan fingerprint density at radius 1 is 1.38 bits per heavy atom. The van der Waals surface area contributed by atoms with Crippen LogP contribution in [0.3, 0.4) is 0 Å². The SMILES string of the molecule is CNc1cc(Sc2nnc(C)o2)nc(N)n1. The summed E-state index contributed by atoms with van der Waals surface area (Å²) in [5, 5.41) is 11.5. The highest BCUT2D eigenvalue weighted by Crippen LogP contribution is 2.26. The molecule has 0 aliphatic heterocycles.